The molecule has 1 aromatic carbocycles. The lowest BCUT2D eigenvalue weighted by Gasteiger charge is -2.26. The zero-order valence-electron chi connectivity index (χ0n) is 16.1. The first-order valence-electron chi connectivity index (χ1n) is 8.60. The molecule has 2 aromatic rings. The average Bonchev–Trinajstić information content (AvgIpc) is 3.13. The van der Waals surface area contributed by atoms with Crippen LogP contribution in [-0.2, 0) is 16.7 Å². The largest absolute Gasteiger partial charge is 0.493 e. The fourth-order valence-corrected chi connectivity index (χ4v) is 2.91. The van der Waals surface area contributed by atoms with Crippen molar-refractivity contribution in [1.82, 2.24) is 4.90 Å². The van der Waals surface area contributed by atoms with Crippen LogP contribution in [-0.4, -0.2) is 37.6 Å². The Balaban J connectivity index is 2.32. The lowest BCUT2D eigenvalue weighted by atomic mass is 10.1. The molecule has 0 fully saturated rings. The quantitative estimate of drug-likeness (QED) is 0.636. The predicted molar refractivity (Wildman–Crippen MR) is 101 cm³/mol. The SMILES string of the molecule is COc1ccc(CN(C(=O)c2ccco2)C(C)C)cc1OS(=O)(=O)C(C)C. The van der Waals surface area contributed by atoms with Crippen molar-refractivity contribution in [2.24, 2.45) is 0 Å². The van der Waals surface area contributed by atoms with Gasteiger partial charge in [0.25, 0.3) is 5.91 Å². The molecule has 0 aliphatic heterocycles. The van der Waals surface area contributed by atoms with Crippen LogP contribution >= 0.6 is 0 Å². The van der Waals surface area contributed by atoms with Gasteiger partial charge in [-0.2, -0.15) is 8.42 Å². The van der Waals surface area contributed by atoms with Gasteiger partial charge in [-0.25, -0.2) is 0 Å². The number of hydrogen-bond acceptors (Lipinski definition) is 6. The number of nitrogens with zero attached hydrogens (tertiary/aromatic N) is 1. The molecule has 8 heteroatoms. The van der Waals surface area contributed by atoms with Crippen molar-refractivity contribution in [3.05, 3.63) is 47.9 Å². The summed E-state index contributed by atoms with van der Waals surface area (Å²) in [7, 11) is -2.34. The second kappa shape index (κ2) is 8.47. The fraction of sp³-hybridized carbons (Fsp3) is 0.421. The van der Waals surface area contributed by atoms with Gasteiger partial charge in [-0.3, -0.25) is 4.79 Å². The molecular formula is C19H25NO6S. The molecule has 1 heterocycles. The molecule has 0 bridgehead atoms. The molecule has 2 rings (SSSR count). The molecule has 1 aromatic heterocycles. The zero-order chi connectivity index (χ0) is 20.2. The topological polar surface area (TPSA) is 86.0 Å². The summed E-state index contributed by atoms with van der Waals surface area (Å²) in [6.45, 7) is 7.12. The van der Waals surface area contributed by atoms with E-state index in [1.54, 1.807) is 35.2 Å². The molecule has 0 aliphatic rings. The van der Waals surface area contributed by atoms with E-state index in [1.807, 2.05) is 13.8 Å². The second-order valence-electron chi connectivity index (χ2n) is 6.61. The third kappa shape index (κ3) is 5.03. The lowest BCUT2D eigenvalue weighted by molar-refractivity contribution is 0.0657. The highest BCUT2D eigenvalue weighted by atomic mass is 32.2. The van der Waals surface area contributed by atoms with Crippen LogP contribution in [0.15, 0.2) is 41.0 Å². The first kappa shape index (κ1) is 20.8. The number of benzene rings is 1. The first-order valence-corrected chi connectivity index (χ1v) is 10.1. The van der Waals surface area contributed by atoms with Gasteiger partial charge in [-0.05, 0) is 57.5 Å². The van der Waals surface area contributed by atoms with Gasteiger partial charge in [0.05, 0.1) is 18.6 Å². The van der Waals surface area contributed by atoms with Gasteiger partial charge in [0.2, 0.25) is 0 Å². The van der Waals surface area contributed by atoms with Gasteiger partial charge in [0.15, 0.2) is 17.3 Å². The van der Waals surface area contributed by atoms with E-state index in [0.29, 0.717) is 11.3 Å². The lowest BCUT2D eigenvalue weighted by Crippen LogP contribution is -2.36. The summed E-state index contributed by atoms with van der Waals surface area (Å²) in [5.74, 6) is 0.397. The third-order valence-electron chi connectivity index (χ3n) is 3.98. The molecule has 0 saturated carbocycles. The minimum Gasteiger partial charge on any atom is -0.493 e. The van der Waals surface area contributed by atoms with E-state index in [9.17, 15) is 13.2 Å². The van der Waals surface area contributed by atoms with Crippen LogP contribution in [0.1, 0.15) is 43.8 Å². The van der Waals surface area contributed by atoms with Crippen LogP contribution in [0.25, 0.3) is 0 Å². The standard InChI is InChI=1S/C19H25NO6S/c1-13(2)20(19(21)17-7-6-10-25-17)12-15-8-9-16(24-5)18(11-15)26-27(22,23)14(3)4/h6-11,13-14H,12H2,1-5H3. The number of rotatable bonds is 8. The summed E-state index contributed by atoms with van der Waals surface area (Å²) in [5, 5.41) is -0.696. The Labute approximate surface area is 160 Å². The number of methoxy groups -OCH3 is 1. The number of ether oxygens (including phenoxy) is 1. The van der Waals surface area contributed by atoms with E-state index in [4.69, 9.17) is 13.3 Å². The molecule has 27 heavy (non-hydrogen) atoms. The van der Waals surface area contributed by atoms with Crippen LogP contribution in [0.2, 0.25) is 0 Å². The van der Waals surface area contributed by atoms with Crippen LogP contribution in [0.4, 0.5) is 0 Å². The highest BCUT2D eigenvalue weighted by molar-refractivity contribution is 7.87. The molecule has 0 N–H and O–H groups in total. The summed E-state index contributed by atoms with van der Waals surface area (Å²) in [5.41, 5.74) is 0.707. The van der Waals surface area contributed by atoms with Crippen molar-refractivity contribution in [2.75, 3.05) is 7.11 Å². The van der Waals surface area contributed by atoms with E-state index in [0.717, 1.165) is 0 Å². The molecule has 0 radical (unpaired) electrons. The van der Waals surface area contributed by atoms with Crippen molar-refractivity contribution >= 4 is 16.0 Å². The van der Waals surface area contributed by atoms with Crippen molar-refractivity contribution in [3.8, 4) is 11.5 Å². The molecule has 148 valence electrons. The molecule has 0 spiro atoms. The van der Waals surface area contributed by atoms with Gasteiger partial charge in [-0.1, -0.05) is 6.07 Å². The van der Waals surface area contributed by atoms with E-state index in [1.165, 1.54) is 27.2 Å². The maximum atomic E-state index is 12.7. The van der Waals surface area contributed by atoms with Crippen LogP contribution < -0.4 is 8.92 Å². The average molecular weight is 395 g/mol. The molecule has 7 nitrogen and oxygen atoms in total. The molecule has 0 aliphatic carbocycles. The number of carbonyl (C=O) groups is 1. The van der Waals surface area contributed by atoms with Crippen molar-refractivity contribution in [2.45, 2.75) is 45.5 Å². The Hall–Kier alpha value is -2.48. The van der Waals surface area contributed by atoms with Crippen molar-refractivity contribution < 1.29 is 26.5 Å². The number of furan rings is 1. The Morgan fingerprint density at radius 3 is 2.37 bits per heavy atom. The predicted octanol–water partition coefficient (Wildman–Crippen LogP) is 3.46. The van der Waals surface area contributed by atoms with Gasteiger partial charge in [0, 0.05) is 12.6 Å². The van der Waals surface area contributed by atoms with Crippen LogP contribution in [0.5, 0.6) is 11.5 Å². The Morgan fingerprint density at radius 2 is 1.85 bits per heavy atom. The van der Waals surface area contributed by atoms with Crippen molar-refractivity contribution in [3.63, 3.8) is 0 Å². The monoisotopic (exact) mass is 395 g/mol. The van der Waals surface area contributed by atoms with Gasteiger partial charge < -0.3 is 18.2 Å². The molecule has 0 unspecified atom stereocenters. The number of amides is 1. The second-order valence-corrected chi connectivity index (χ2v) is 8.71. The van der Waals surface area contributed by atoms with E-state index in [-0.39, 0.29) is 30.0 Å². The minimum atomic E-state index is -3.77. The minimum absolute atomic E-state index is 0.0894. The Kier molecular flexibility index (Phi) is 6.54. The first-order chi connectivity index (χ1) is 12.7. The molecular weight excluding hydrogens is 370 g/mol. The Morgan fingerprint density at radius 1 is 1.15 bits per heavy atom. The summed E-state index contributed by atoms with van der Waals surface area (Å²) in [6.07, 6.45) is 1.45. The summed E-state index contributed by atoms with van der Waals surface area (Å²) in [4.78, 5) is 14.3. The maximum absolute atomic E-state index is 12.7. The van der Waals surface area contributed by atoms with Crippen LogP contribution in [0, 0.1) is 0 Å². The normalized spacial score (nSPS) is 11.7. The van der Waals surface area contributed by atoms with Gasteiger partial charge in [0.1, 0.15) is 0 Å². The number of hydrogen-bond donors (Lipinski definition) is 0. The van der Waals surface area contributed by atoms with Crippen molar-refractivity contribution in [1.29, 1.82) is 0 Å². The molecule has 0 saturated heterocycles. The van der Waals surface area contributed by atoms with Gasteiger partial charge in [-0.15, -0.1) is 0 Å². The zero-order valence-corrected chi connectivity index (χ0v) is 16.9. The smallest absolute Gasteiger partial charge is 0.311 e. The third-order valence-corrected chi connectivity index (χ3v) is 5.55. The highest BCUT2D eigenvalue weighted by Gasteiger charge is 2.24. The van der Waals surface area contributed by atoms with Crippen LogP contribution in [0.3, 0.4) is 0 Å². The van der Waals surface area contributed by atoms with E-state index < -0.39 is 15.4 Å². The maximum Gasteiger partial charge on any atom is 0.311 e. The molecule has 1 amide bonds. The molecule has 0 atom stereocenters. The number of carbonyl (C=O) groups excluding carboxylic acids is 1. The fourth-order valence-electron chi connectivity index (χ4n) is 2.33. The Bertz CT molecular complexity index is 872. The highest BCUT2D eigenvalue weighted by Crippen LogP contribution is 2.31. The summed E-state index contributed by atoms with van der Waals surface area (Å²) in [6, 6.07) is 8.13. The summed E-state index contributed by atoms with van der Waals surface area (Å²) >= 11 is 0. The summed E-state index contributed by atoms with van der Waals surface area (Å²) < 4.78 is 39.9. The van der Waals surface area contributed by atoms with E-state index in [2.05, 4.69) is 0 Å². The van der Waals surface area contributed by atoms with E-state index >= 15 is 0 Å². The van der Waals surface area contributed by atoms with Gasteiger partial charge >= 0.3 is 10.1 Å².